The average Bonchev–Trinajstić information content (AvgIpc) is 2.72. The molecular formula is C13H15FN4O. The average molecular weight is 262 g/mol. The third-order valence-corrected chi connectivity index (χ3v) is 2.75. The fourth-order valence-corrected chi connectivity index (χ4v) is 1.87. The van der Waals surface area contributed by atoms with Gasteiger partial charge in [0.15, 0.2) is 0 Å². The van der Waals surface area contributed by atoms with Crippen LogP contribution in [0.15, 0.2) is 42.1 Å². The van der Waals surface area contributed by atoms with E-state index in [1.165, 1.54) is 29.6 Å². The summed E-state index contributed by atoms with van der Waals surface area (Å²) < 4.78 is 13.1. The van der Waals surface area contributed by atoms with Gasteiger partial charge >= 0.3 is 6.03 Å². The van der Waals surface area contributed by atoms with Crippen molar-refractivity contribution >= 4 is 12.4 Å². The van der Waals surface area contributed by atoms with E-state index in [1.54, 1.807) is 17.0 Å². The second kappa shape index (κ2) is 5.99. The van der Waals surface area contributed by atoms with Gasteiger partial charge in [0.2, 0.25) is 0 Å². The van der Waals surface area contributed by atoms with Crippen LogP contribution in [-0.4, -0.2) is 35.3 Å². The number of hydrogen-bond donors (Lipinski definition) is 1. The van der Waals surface area contributed by atoms with Crippen LogP contribution in [0.1, 0.15) is 5.56 Å². The summed E-state index contributed by atoms with van der Waals surface area (Å²) in [6.07, 6.45) is 2.84. The van der Waals surface area contributed by atoms with E-state index in [9.17, 15) is 9.18 Å². The number of nitrogens with zero attached hydrogens (tertiary/aromatic N) is 3. The summed E-state index contributed by atoms with van der Waals surface area (Å²) in [5.41, 5.74) is 3.31. The number of carbonyl (C=O) groups is 1. The van der Waals surface area contributed by atoms with E-state index in [4.69, 9.17) is 0 Å². The quantitative estimate of drug-likeness (QED) is 0.499. The Hall–Kier alpha value is -2.37. The summed E-state index contributed by atoms with van der Waals surface area (Å²) in [4.78, 5) is 15.1. The molecule has 1 aromatic rings. The molecule has 0 atom stereocenters. The van der Waals surface area contributed by atoms with Crippen molar-refractivity contribution in [2.75, 3.05) is 13.1 Å². The third kappa shape index (κ3) is 3.31. The maximum absolute atomic E-state index is 13.1. The molecule has 2 amide bonds. The molecule has 0 saturated carbocycles. The highest BCUT2D eigenvalue weighted by Gasteiger charge is 2.27. The molecule has 1 N–H and O–H groups in total. The van der Waals surface area contributed by atoms with Crippen molar-refractivity contribution in [3.8, 4) is 0 Å². The summed E-state index contributed by atoms with van der Waals surface area (Å²) in [5.74, 6) is -0.294. The molecule has 0 radical (unpaired) electrons. The van der Waals surface area contributed by atoms with Gasteiger partial charge in [0.1, 0.15) is 12.2 Å². The van der Waals surface area contributed by atoms with Crippen LogP contribution in [0.2, 0.25) is 0 Å². The van der Waals surface area contributed by atoms with Gasteiger partial charge in [0.25, 0.3) is 0 Å². The van der Waals surface area contributed by atoms with E-state index in [-0.39, 0.29) is 11.8 Å². The van der Waals surface area contributed by atoms with Crippen molar-refractivity contribution in [3.05, 3.63) is 48.4 Å². The number of benzene rings is 1. The first-order valence-corrected chi connectivity index (χ1v) is 5.90. The number of urea groups is 1. The lowest BCUT2D eigenvalue weighted by Gasteiger charge is -2.15. The standard InChI is InChI=1S/C13H15FN4O/c1-2-15-16-10-18-7-6-17(13(18)19)9-11-4-3-5-12(14)8-11/h2-5,8,10,15H,1,6-7,9H2/b16-10-. The molecule has 5 nitrogen and oxygen atoms in total. The summed E-state index contributed by atoms with van der Waals surface area (Å²) in [6.45, 7) is 5.01. The SMILES string of the molecule is C=CN/N=C\N1CCN(Cc2cccc(F)c2)C1=O. The molecule has 1 heterocycles. The van der Waals surface area contributed by atoms with Gasteiger partial charge in [-0.2, -0.15) is 5.10 Å². The number of nitrogens with one attached hydrogen (secondary N) is 1. The second-order valence-electron chi connectivity index (χ2n) is 4.11. The summed E-state index contributed by atoms with van der Waals surface area (Å²) in [7, 11) is 0. The maximum atomic E-state index is 13.1. The van der Waals surface area contributed by atoms with Gasteiger partial charge in [-0.25, -0.2) is 9.18 Å². The summed E-state index contributed by atoms with van der Waals surface area (Å²) in [5, 5.41) is 3.80. The number of amides is 2. The molecule has 1 fully saturated rings. The summed E-state index contributed by atoms with van der Waals surface area (Å²) >= 11 is 0. The Balaban J connectivity index is 1.96. The molecule has 0 bridgehead atoms. The number of hydrogen-bond acceptors (Lipinski definition) is 3. The number of hydrazone groups is 1. The lowest BCUT2D eigenvalue weighted by molar-refractivity contribution is 0.204. The second-order valence-corrected chi connectivity index (χ2v) is 4.11. The van der Waals surface area contributed by atoms with Crippen LogP contribution in [0.4, 0.5) is 9.18 Å². The summed E-state index contributed by atoms with van der Waals surface area (Å²) in [6, 6.07) is 6.11. The van der Waals surface area contributed by atoms with E-state index in [2.05, 4.69) is 17.1 Å². The van der Waals surface area contributed by atoms with Crippen molar-refractivity contribution in [1.82, 2.24) is 15.2 Å². The molecule has 100 valence electrons. The largest absolute Gasteiger partial charge is 0.325 e. The van der Waals surface area contributed by atoms with Gasteiger partial charge in [-0.1, -0.05) is 18.7 Å². The number of carbonyl (C=O) groups excluding carboxylic acids is 1. The topological polar surface area (TPSA) is 47.9 Å². The van der Waals surface area contributed by atoms with Crippen molar-refractivity contribution in [1.29, 1.82) is 0 Å². The van der Waals surface area contributed by atoms with Crippen LogP contribution >= 0.6 is 0 Å². The van der Waals surface area contributed by atoms with E-state index in [1.807, 2.05) is 0 Å². The van der Waals surface area contributed by atoms with E-state index >= 15 is 0 Å². The van der Waals surface area contributed by atoms with E-state index in [0.29, 0.717) is 19.6 Å². The Morgan fingerprint density at radius 2 is 2.32 bits per heavy atom. The van der Waals surface area contributed by atoms with Crippen LogP contribution in [0.5, 0.6) is 0 Å². The fourth-order valence-electron chi connectivity index (χ4n) is 1.87. The Morgan fingerprint density at radius 1 is 1.47 bits per heavy atom. The molecule has 1 aliphatic rings. The highest BCUT2D eigenvalue weighted by atomic mass is 19.1. The van der Waals surface area contributed by atoms with Gasteiger partial charge in [-0.05, 0) is 17.7 Å². The molecule has 0 unspecified atom stereocenters. The van der Waals surface area contributed by atoms with Crippen molar-refractivity contribution in [2.24, 2.45) is 5.10 Å². The van der Waals surface area contributed by atoms with Crippen molar-refractivity contribution in [2.45, 2.75) is 6.54 Å². The van der Waals surface area contributed by atoms with Gasteiger partial charge in [0, 0.05) is 25.8 Å². The molecule has 6 heteroatoms. The van der Waals surface area contributed by atoms with Gasteiger partial charge in [-0.3, -0.25) is 10.3 Å². The lowest BCUT2D eigenvalue weighted by atomic mass is 10.2. The molecule has 0 aliphatic carbocycles. The minimum Gasteiger partial charge on any atom is -0.318 e. The zero-order chi connectivity index (χ0) is 13.7. The lowest BCUT2D eigenvalue weighted by Crippen LogP contribution is -2.31. The Bertz CT molecular complexity index is 503. The highest BCUT2D eigenvalue weighted by molar-refractivity contribution is 5.88. The van der Waals surface area contributed by atoms with E-state index in [0.717, 1.165) is 5.56 Å². The molecule has 1 aliphatic heterocycles. The van der Waals surface area contributed by atoms with Crippen molar-refractivity contribution < 1.29 is 9.18 Å². The molecule has 0 aromatic heterocycles. The monoisotopic (exact) mass is 262 g/mol. The predicted molar refractivity (Wildman–Crippen MR) is 70.7 cm³/mol. The van der Waals surface area contributed by atoms with Crippen LogP contribution < -0.4 is 5.43 Å². The van der Waals surface area contributed by atoms with Crippen molar-refractivity contribution in [3.63, 3.8) is 0 Å². The maximum Gasteiger partial charge on any atom is 0.325 e. The first-order valence-electron chi connectivity index (χ1n) is 5.90. The normalized spacial score (nSPS) is 15.3. The Labute approximate surface area is 111 Å². The minimum atomic E-state index is -0.294. The Kier molecular flexibility index (Phi) is 4.12. The van der Waals surface area contributed by atoms with Gasteiger partial charge in [0.05, 0.1) is 0 Å². The molecule has 19 heavy (non-hydrogen) atoms. The molecular weight excluding hydrogens is 247 g/mol. The van der Waals surface area contributed by atoms with Crippen LogP contribution in [0, 0.1) is 5.82 Å². The minimum absolute atomic E-state index is 0.140. The Morgan fingerprint density at radius 3 is 3.05 bits per heavy atom. The zero-order valence-electron chi connectivity index (χ0n) is 10.4. The number of halogens is 1. The first kappa shape index (κ1) is 13.1. The number of rotatable bonds is 5. The highest BCUT2D eigenvalue weighted by Crippen LogP contribution is 2.13. The fraction of sp³-hybridized carbons (Fsp3) is 0.231. The van der Waals surface area contributed by atoms with E-state index < -0.39 is 0 Å². The molecule has 0 spiro atoms. The molecule has 1 saturated heterocycles. The predicted octanol–water partition coefficient (Wildman–Crippen LogP) is 1.74. The first-order chi connectivity index (χ1) is 9.20. The van der Waals surface area contributed by atoms with Gasteiger partial charge < -0.3 is 4.90 Å². The smallest absolute Gasteiger partial charge is 0.318 e. The van der Waals surface area contributed by atoms with Crippen LogP contribution in [0.25, 0.3) is 0 Å². The van der Waals surface area contributed by atoms with Crippen LogP contribution in [0.3, 0.4) is 0 Å². The zero-order valence-corrected chi connectivity index (χ0v) is 10.4. The van der Waals surface area contributed by atoms with Crippen LogP contribution in [-0.2, 0) is 6.54 Å². The molecule has 2 rings (SSSR count). The third-order valence-electron chi connectivity index (χ3n) is 2.75. The van der Waals surface area contributed by atoms with Gasteiger partial charge in [-0.15, -0.1) is 0 Å². The molecule has 1 aromatic carbocycles.